The minimum absolute atomic E-state index is 0.00623. The third-order valence-electron chi connectivity index (χ3n) is 4.31. The lowest BCUT2D eigenvalue weighted by Gasteiger charge is -2.16. The van der Waals surface area contributed by atoms with Crippen molar-refractivity contribution in [3.05, 3.63) is 46.0 Å². The maximum absolute atomic E-state index is 13.0. The highest BCUT2D eigenvalue weighted by Crippen LogP contribution is 2.36. The van der Waals surface area contributed by atoms with Crippen LogP contribution in [-0.2, 0) is 9.84 Å². The highest BCUT2D eigenvalue weighted by Gasteiger charge is 2.26. The van der Waals surface area contributed by atoms with Gasteiger partial charge in [-0.3, -0.25) is 0 Å². The Morgan fingerprint density at radius 2 is 1.36 bits per heavy atom. The summed E-state index contributed by atoms with van der Waals surface area (Å²) in [5.74, 6) is 0.0721. The van der Waals surface area contributed by atoms with Crippen LogP contribution in [0.2, 0.25) is 0 Å². The van der Waals surface area contributed by atoms with E-state index >= 15 is 0 Å². The van der Waals surface area contributed by atoms with Gasteiger partial charge in [0.05, 0.1) is 9.79 Å². The number of sulfone groups is 1. The van der Waals surface area contributed by atoms with Crippen molar-refractivity contribution in [2.24, 2.45) is 0 Å². The number of aryl methyl sites for hydroxylation is 1. The van der Waals surface area contributed by atoms with E-state index in [-0.39, 0.29) is 21.3 Å². The van der Waals surface area contributed by atoms with E-state index in [2.05, 4.69) is 0 Å². The molecule has 118 valence electrons. The predicted octanol–water partition coefficient (Wildman–Crippen LogP) is 3.47. The Labute approximate surface area is 131 Å². The number of phenols is 2. The average molecular weight is 320 g/mol. The van der Waals surface area contributed by atoms with E-state index < -0.39 is 9.84 Å². The first-order chi connectivity index (χ1) is 10.1. The fourth-order valence-electron chi connectivity index (χ4n) is 2.47. The highest BCUT2D eigenvalue weighted by atomic mass is 32.2. The second kappa shape index (κ2) is 5.32. The minimum Gasteiger partial charge on any atom is -0.508 e. The van der Waals surface area contributed by atoms with Crippen molar-refractivity contribution < 1.29 is 18.6 Å². The predicted molar refractivity (Wildman–Crippen MR) is 85.4 cm³/mol. The minimum atomic E-state index is -3.77. The van der Waals surface area contributed by atoms with Crippen molar-refractivity contribution in [1.29, 1.82) is 0 Å². The van der Waals surface area contributed by atoms with Crippen LogP contribution in [0, 0.1) is 34.6 Å². The van der Waals surface area contributed by atoms with Gasteiger partial charge in [0.15, 0.2) is 0 Å². The number of hydrogen-bond acceptors (Lipinski definition) is 4. The van der Waals surface area contributed by atoms with Gasteiger partial charge in [-0.1, -0.05) is 0 Å². The second-order valence-corrected chi connectivity index (χ2v) is 7.51. The summed E-state index contributed by atoms with van der Waals surface area (Å²) in [7, 11) is -3.77. The quantitative estimate of drug-likeness (QED) is 0.888. The third-order valence-corrected chi connectivity index (χ3v) is 6.33. The summed E-state index contributed by atoms with van der Waals surface area (Å²) in [5, 5.41) is 19.8. The van der Waals surface area contributed by atoms with Gasteiger partial charge in [0.25, 0.3) is 0 Å². The Morgan fingerprint density at radius 1 is 0.773 bits per heavy atom. The molecule has 0 aliphatic heterocycles. The van der Waals surface area contributed by atoms with Gasteiger partial charge < -0.3 is 10.2 Å². The van der Waals surface area contributed by atoms with E-state index in [1.54, 1.807) is 40.7 Å². The summed E-state index contributed by atoms with van der Waals surface area (Å²) in [6.07, 6.45) is 0. The van der Waals surface area contributed by atoms with Gasteiger partial charge in [0.1, 0.15) is 11.5 Å². The van der Waals surface area contributed by atoms with Crippen molar-refractivity contribution in [3.63, 3.8) is 0 Å². The molecule has 0 fully saturated rings. The fraction of sp³-hybridized carbons (Fsp3) is 0.294. The number of aromatic hydroxyl groups is 2. The molecule has 0 radical (unpaired) electrons. The van der Waals surface area contributed by atoms with Gasteiger partial charge in [0.2, 0.25) is 9.84 Å². The lowest BCUT2D eigenvalue weighted by Crippen LogP contribution is -2.08. The zero-order chi connectivity index (χ0) is 16.8. The fourth-order valence-corrected chi connectivity index (χ4v) is 4.34. The number of rotatable bonds is 2. The molecule has 0 bridgehead atoms. The van der Waals surface area contributed by atoms with Gasteiger partial charge in [-0.25, -0.2) is 8.42 Å². The summed E-state index contributed by atoms with van der Waals surface area (Å²) in [5.41, 5.74) is 2.78. The molecule has 2 aromatic carbocycles. The van der Waals surface area contributed by atoms with Gasteiger partial charge in [0, 0.05) is 5.56 Å². The van der Waals surface area contributed by atoms with Crippen LogP contribution in [0.4, 0.5) is 0 Å². The molecule has 4 nitrogen and oxygen atoms in total. The van der Waals surface area contributed by atoms with Crippen LogP contribution >= 0.6 is 0 Å². The largest absolute Gasteiger partial charge is 0.508 e. The summed E-state index contributed by atoms with van der Waals surface area (Å²) in [6, 6.07) is 4.37. The standard InChI is InChI=1S/C17H20O4S/c1-9-8-16(13(5)17(19)10(9)2)22(20,21)15-7-6-14(18)11(3)12(15)4/h6-8,18-19H,1-5H3. The molecule has 0 spiro atoms. The average Bonchev–Trinajstić information content (AvgIpc) is 2.46. The van der Waals surface area contributed by atoms with Crippen LogP contribution in [0.25, 0.3) is 0 Å². The van der Waals surface area contributed by atoms with Crippen molar-refractivity contribution in [2.75, 3.05) is 0 Å². The topological polar surface area (TPSA) is 74.6 Å². The zero-order valence-electron chi connectivity index (χ0n) is 13.4. The first kappa shape index (κ1) is 16.4. The first-order valence-electron chi connectivity index (χ1n) is 6.93. The molecule has 22 heavy (non-hydrogen) atoms. The number of hydrogen-bond donors (Lipinski definition) is 2. The van der Waals surface area contributed by atoms with Gasteiger partial charge in [-0.2, -0.15) is 0 Å². The molecular formula is C17H20O4S. The zero-order valence-corrected chi connectivity index (χ0v) is 14.2. The maximum Gasteiger partial charge on any atom is 0.207 e. The van der Waals surface area contributed by atoms with Crippen molar-refractivity contribution in [2.45, 2.75) is 44.4 Å². The Kier molecular flexibility index (Phi) is 3.96. The monoisotopic (exact) mass is 320 g/mol. The van der Waals surface area contributed by atoms with Gasteiger partial charge in [-0.05, 0) is 75.1 Å². The summed E-state index contributed by atoms with van der Waals surface area (Å²) >= 11 is 0. The first-order valence-corrected chi connectivity index (χ1v) is 8.41. The molecule has 0 aliphatic carbocycles. The van der Waals surface area contributed by atoms with Crippen LogP contribution in [0.5, 0.6) is 11.5 Å². The molecule has 5 heteroatoms. The second-order valence-electron chi connectivity index (χ2n) is 5.63. The van der Waals surface area contributed by atoms with Crippen molar-refractivity contribution in [3.8, 4) is 11.5 Å². The molecular weight excluding hydrogens is 300 g/mol. The van der Waals surface area contributed by atoms with Gasteiger partial charge >= 0.3 is 0 Å². The van der Waals surface area contributed by atoms with E-state index in [1.807, 2.05) is 0 Å². The molecule has 0 unspecified atom stereocenters. The lowest BCUT2D eigenvalue weighted by molar-refractivity contribution is 0.463. The normalized spacial score (nSPS) is 11.7. The number of benzene rings is 2. The van der Waals surface area contributed by atoms with Crippen LogP contribution in [0.1, 0.15) is 27.8 Å². The molecule has 0 amide bonds. The van der Waals surface area contributed by atoms with Crippen LogP contribution in [-0.4, -0.2) is 18.6 Å². The molecule has 0 saturated heterocycles. The SMILES string of the molecule is Cc1cc(S(=O)(=O)c2ccc(O)c(C)c2C)c(C)c(O)c1C. The molecule has 0 aliphatic rings. The van der Waals surface area contributed by atoms with Crippen molar-refractivity contribution in [1.82, 2.24) is 0 Å². The third kappa shape index (κ3) is 2.35. The van der Waals surface area contributed by atoms with E-state index in [1.165, 1.54) is 12.1 Å². The van der Waals surface area contributed by atoms with Crippen molar-refractivity contribution >= 4 is 9.84 Å². The molecule has 0 atom stereocenters. The van der Waals surface area contributed by atoms with E-state index in [0.717, 1.165) is 5.56 Å². The molecule has 2 N–H and O–H groups in total. The molecule has 2 aromatic rings. The number of phenolic OH excluding ortho intramolecular Hbond substituents is 2. The summed E-state index contributed by atoms with van der Waals surface area (Å²) in [6.45, 7) is 8.45. The van der Waals surface area contributed by atoms with Crippen LogP contribution < -0.4 is 0 Å². The Morgan fingerprint density at radius 3 is 1.95 bits per heavy atom. The Bertz CT molecular complexity index is 865. The van der Waals surface area contributed by atoms with Crippen LogP contribution in [0.15, 0.2) is 28.0 Å². The lowest BCUT2D eigenvalue weighted by atomic mass is 10.1. The molecule has 0 aromatic heterocycles. The Hall–Kier alpha value is -2.01. The van der Waals surface area contributed by atoms with E-state index in [0.29, 0.717) is 22.3 Å². The molecule has 0 saturated carbocycles. The van der Waals surface area contributed by atoms with E-state index in [4.69, 9.17) is 0 Å². The summed E-state index contributed by atoms with van der Waals surface area (Å²) in [4.78, 5) is 0.245. The highest BCUT2D eigenvalue weighted by molar-refractivity contribution is 7.91. The van der Waals surface area contributed by atoms with Crippen LogP contribution in [0.3, 0.4) is 0 Å². The smallest absolute Gasteiger partial charge is 0.207 e. The maximum atomic E-state index is 13.0. The summed E-state index contributed by atoms with van der Waals surface area (Å²) < 4.78 is 25.9. The molecule has 0 heterocycles. The van der Waals surface area contributed by atoms with E-state index in [9.17, 15) is 18.6 Å². The molecule has 2 rings (SSSR count). The Balaban J connectivity index is 2.80. The van der Waals surface area contributed by atoms with Gasteiger partial charge in [-0.15, -0.1) is 0 Å².